The summed E-state index contributed by atoms with van der Waals surface area (Å²) in [5, 5.41) is 5.00. The molecular formula is C20H24F2N2O2S. The van der Waals surface area contributed by atoms with E-state index in [1.807, 2.05) is 11.4 Å². The highest BCUT2D eigenvalue weighted by molar-refractivity contribution is 7.10. The van der Waals surface area contributed by atoms with Crippen LogP contribution in [0.4, 0.5) is 8.78 Å². The zero-order valence-electron chi connectivity index (χ0n) is 15.2. The van der Waals surface area contributed by atoms with E-state index in [2.05, 4.69) is 27.9 Å². The quantitative estimate of drug-likeness (QED) is 0.749. The Morgan fingerprint density at radius 1 is 1.30 bits per heavy atom. The molecule has 1 N–H and O–H groups in total. The molecule has 146 valence electrons. The van der Waals surface area contributed by atoms with Gasteiger partial charge in [-0.25, -0.2) is 0 Å². The van der Waals surface area contributed by atoms with Crippen molar-refractivity contribution in [2.24, 2.45) is 5.92 Å². The number of rotatable bonds is 7. The molecule has 0 aliphatic carbocycles. The minimum Gasteiger partial charge on any atom is -0.435 e. The van der Waals surface area contributed by atoms with Gasteiger partial charge in [0.15, 0.2) is 0 Å². The zero-order chi connectivity index (χ0) is 19.2. The lowest BCUT2D eigenvalue weighted by molar-refractivity contribution is -0.0498. The van der Waals surface area contributed by atoms with E-state index in [0.29, 0.717) is 12.1 Å². The van der Waals surface area contributed by atoms with Gasteiger partial charge in [0.05, 0.1) is 6.04 Å². The molecule has 1 amide bonds. The van der Waals surface area contributed by atoms with Crippen LogP contribution in [0.2, 0.25) is 0 Å². The molecule has 1 fully saturated rings. The molecule has 0 saturated carbocycles. The normalized spacial score (nSPS) is 17.0. The zero-order valence-corrected chi connectivity index (χ0v) is 16.1. The molecule has 1 aromatic carbocycles. The van der Waals surface area contributed by atoms with E-state index in [4.69, 9.17) is 0 Å². The minimum absolute atomic E-state index is 0.0162. The number of alkyl halides is 2. The molecule has 0 radical (unpaired) electrons. The number of hydrogen-bond donors (Lipinski definition) is 1. The van der Waals surface area contributed by atoms with Crippen LogP contribution >= 0.6 is 11.3 Å². The highest BCUT2D eigenvalue weighted by Gasteiger charge is 2.26. The van der Waals surface area contributed by atoms with E-state index in [9.17, 15) is 13.6 Å². The molecule has 2 heterocycles. The third kappa shape index (κ3) is 5.49. The van der Waals surface area contributed by atoms with Gasteiger partial charge in [0, 0.05) is 17.0 Å². The highest BCUT2D eigenvalue weighted by atomic mass is 32.1. The molecule has 0 bridgehead atoms. The Morgan fingerprint density at radius 2 is 2.07 bits per heavy atom. The van der Waals surface area contributed by atoms with E-state index >= 15 is 0 Å². The van der Waals surface area contributed by atoms with Gasteiger partial charge in [-0.2, -0.15) is 8.78 Å². The number of nitrogens with zero attached hydrogens (tertiary/aromatic N) is 1. The number of amides is 1. The molecule has 7 heteroatoms. The van der Waals surface area contributed by atoms with Crippen molar-refractivity contribution in [1.29, 1.82) is 0 Å². The van der Waals surface area contributed by atoms with Crippen molar-refractivity contribution < 1.29 is 18.3 Å². The molecule has 1 saturated heterocycles. The van der Waals surface area contributed by atoms with Crippen molar-refractivity contribution in [2.75, 3.05) is 19.6 Å². The molecule has 27 heavy (non-hydrogen) atoms. The molecule has 1 aliphatic rings. The number of thiophene rings is 1. The summed E-state index contributed by atoms with van der Waals surface area (Å²) in [6.45, 7) is 1.86. The number of benzene rings is 1. The smallest absolute Gasteiger partial charge is 0.387 e. The fourth-order valence-corrected chi connectivity index (χ4v) is 4.20. The monoisotopic (exact) mass is 394 g/mol. The summed E-state index contributed by atoms with van der Waals surface area (Å²) in [6, 6.07) is 10.1. The summed E-state index contributed by atoms with van der Waals surface area (Å²) < 4.78 is 29.1. The maximum absolute atomic E-state index is 12.5. The van der Waals surface area contributed by atoms with Crippen LogP contribution in [0.5, 0.6) is 5.75 Å². The molecule has 0 spiro atoms. The second-order valence-electron chi connectivity index (χ2n) is 6.87. The molecule has 3 rings (SSSR count). The topological polar surface area (TPSA) is 41.6 Å². The van der Waals surface area contributed by atoms with Crippen molar-refractivity contribution >= 4 is 17.2 Å². The predicted octanol–water partition coefficient (Wildman–Crippen LogP) is 4.55. The lowest BCUT2D eigenvalue weighted by Gasteiger charge is -2.36. The van der Waals surface area contributed by atoms with E-state index < -0.39 is 6.61 Å². The average molecular weight is 394 g/mol. The van der Waals surface area contributed by atoms with E-state index in [1.165, 1.54) is 23.1 Å². The number of carbonyl (C=O) groups excluding carboxylic acids is 1. The van der Waals surface area contributed by atoms with Gasteiger partial charge in [0.2, 0.25) is 0 Å². The number of likely N-dealkylation sites (tertiary alicyclic amines) is 1. The highest BCUT2D eigenvalue weighted by Crippen LogP contribution is 2.29. The maximum Gasteiger partial charge on any atom is 0.387 e. The number of hydrogen-bond acceptors (Lipinski definition) is 4. The van der Waals surface area contributed by atoms with Crippen LogP contribution in [0.1, 0.15) is 41.0 Å². The lowest BCUT2D eigenvalue weighted by atomic mass is 9.97. The minimum atomic E-state index is -2.91. The summed E-state index contributed by atoms with van der Waals surface area (Å²) in [7, 11) is 0. The average Bonchev–Trinajstić information content (AvgIpc) is 3.17. The van der Waals surface area contributed by atoms with Crippen LogP contribution in [0.15, 0.2) is 41.8 Å². The number of carbonyl (C=O) groups is 1. The number of ether oxygens (including phenoxy) is 1. The van der Waals surface area contributed by atoms with Crippen molar-refractivity contribution in [3.63, 3.8) is 0 Å². The molecule has 4 nitrogen and oxygen atoms in total. The van der Waals surface area contributed by atoms with Crippen molar-refractivity contribution in [1.82, 2.24) is 10.2 Å². The van der Waals surface area contributed by atoms with Crippen molar-refractivity contribution in [3.8, 4) is 5.75 Å². The summed E-state index contributed by atoms with van der Waals surface area (Å²) in [5.41, 5.74) is 0.311. The summed E-state index contributed by atoms with van der Waals surface area (Å²) >= 11 is 1.69. The van der Waals surface area contributed by atoms with Crippen LogP contribution in [0.25, 0.3) is 0 Å². The van der Waals surface area contributed by atoms with Crippen LogP contribution in [-0.2, 0) is 0 Å². The Balaban J connectivity index is 1.65. The van der Waals surface area contributed by atoms with Gasteiger partial charge in [0.1, 0.15) is 5.75 Å². The van der Waals surface area contributed by atoms with Crippen LogP contribution in [0, 0.1) is 5.92 Å². The first kappa shape index (κ1) is 19.8. The molecular weight excluding hydrogens is 370 g/mol. The summed E-state index contributed by atoms with van der Waals surface area (Å²) in [5.74, 6) is 0.427. The van der Waals surface area contributed by atoms with E-state index in [1.54, 1.807) is 17.4 Å². The fourth-order valence-electron chi connectivity index (χ4n) is 3.34. The molecule has 0 unspecified atom stereocenters. The summed E-state index contributed by atoms with van der Waals surface area (Å²) in [6.07, 6.45) is 2.31. The molecule has 1 atom stereocenters. The SMILES string of the molecule is CC1CCN([C@H](CNC(=O)c2cccc(OC(F)F)c2)c2cccs2)CC1. The van der Waals surface area contributed by atoms with Gasteiger partial charge >= 0.3 is 6.61 Å². The Kier molecular flexibility index (Phi) is 6.79. The Labute approximate surface area is 162 Å². The van der Waals surface area contributed by atoms with E-state index in [-0.39, 0.29) is 17.7 Å². The Bertz CT molecular complexity index is 731. The van der Waals surface area contributed by atoms with Gasteiger partial charge in [-0.05, 0) is 61.5 Å². The maximum atomic E-state index is 12.5. The second-order valence-corrected chi connectivity index (χ2v) is 7.85. The predicted molar refractivity (Wildman–Crippen MR) is 102 cm³/mol. The second kappa shape index (κ2) is 9.28. The van der Waals surface area contributed by atoms with Crippen LogP contribution in [-0.4, -0.2) is 37.1 Å². The third-order valence-corrected chi connectivity index (χ3v) is 5.88. The standard InChI is InChI=1S/C20H24F2N2O2S/c1-14-7-9-24(10-8-14)17(18-6-3-11-27-18)13-23-19(25)15-4-2-5-16(12-15)26-20(21)22/h2-6,11-12,14,17,20H,7-10,13H2,1H3,(H,23,25)/t17-/m1/s1. The summed E-state index contributed by atoms with van der Waals surface area (Å²) in [4.78, 5) is 16.2. The first-order valence-electron chi connectivity index (χ1n) is 9.13. The van der Waals surface area contributed by atoms with Crippen LogP contribution < -0.4 is 10.1 Å². The Hall–Kier alpha value is -1.99. The third-order valence-electron chi connectivity index (χ3n) is 4.91. The first-order chi connectivity index (χ1) is 13.0. The number of piperidine rings is 1. The fraction of sp³-hybridized carbons (Fsp3) is 0.450. The molecule has 1 aliphatic heterocycles. The van der Waals surface area contributed by atoms with Crippen LogP contribution in [0.3, 0.4) is 0 Å². The lowest BCUT2D eigenvalue weighted by Crippen LogP contribution is -2.41. The van der Waals surface area contributed by atoms with Gasteiger partial charge in [-0.1, -0.05) is 19.1 Å². The Morgan fingerprint density at radius 3 is 2.74 bits per heavy atom. The van der Waals surface area contributed by atoms with E-state index in [0.717, 1.165) is 31.8 Å². The largest absolute Gasteiger partial charge is 0.435 e. The molecule has 1 aromatic heterocycles. The van der Waals surface area contributed by atoms with Gasteiger partial charge in [-0.3, -0.25) is 9.69 Å². The van der Waals surface area contributed by atoms with Crippen molar-refractivity contribution in [3.05, 3.63) is 52.2 Å². The van der Waals surface area contributed by atoms with Gasteiger partial charge < -0.3 is 10.1 Å². The first-order valence-corrected chi connectivity index (χ1v) is 10.0. The number of nitrogens with one attached hydrogen (secondary N) is 1. The van der Waals surface area contributed by atoms with Gasteiger partial charge in [0.25, 0.3) is 5.91 Å². The van der Waals surface area contributed by atoms with Gasteiger partial charge in [-0.15, -0.1) is 11.3 Å². The molecule has 2 aromatic rings. The number of halogens is 2. The van der Waals surface area contributed by atoms with Crippen molar-refractivity contribution in [2.45, 2.75) is 32.4 Å².